The molecule has 88 valence electrons. The third kappa shape index (κ3) is 1.95. The summed E-state index contributed by atoms with van der Waals surface area (Å²) in [5.74, 6) is 0. The molecule has 0 aliphatic carbocycles. The number of rotatable bonds is 1. The van der Waals surface area contributed by atoms with Gasteiger partial charge in [-0.2, -0.15) is 0 Å². The summed E-state index contributed by atoms with van der Waals surface area (Å²) in [7, 11) is 0. The van der Waals surface area contributed by atoms with Gasteiger partial charge in [-0.1, -0.05) is 54.7 Å². The van der Waals surface area contributed by atoms with Crippen LogP contribution in [0.1, 0.15) is 6.92 Å². The quantitative estimate of drug-likeness (QED) is 0.494. The van der Waals surface area contributed by atoms with Crippen molar-refractivity contribution in [2.75, 3.05) is 5.32 Å². The second kappa shape index (κ2) is 4.39. The van der Waals surface area contributed by atoms with Crippen LogP contribution >= 0.6 is 12.2 Å². The smallest absolute Gasteiger partial charge is 0.0765 e. The molecule has 2 heteroatoms. The highest BCUT2D eigenvalue weighted by Crippen LogP contribution is 2.27. The fraction of sp³-hybridized carbons (Fsp3) is 0.0625. The fourth-order valence-corrected chi connectivity index (χ4v) is 2.40. The molecule has 1 nitrogen and oxygen atoms in total. The minimum atomic E-state index is 0.787. The first-order valence-corrected chi connectivity index (χ1v) is 6.34. The average molecular weight is 251 g/mol. The van der Waals surface area contributed by atoms with Crippen LogP contribution in [-0.4, -0.2) is 4.99 Å². The molecule has 3 rings (SSSR count). The first kappa shape index (κ1) is 11.2. The van der Waals surface area contributed by atoms with E-state index >= 15 is 0 Å². The van der Waals surface area contributed by atoms with Gasteiger partial charge in [0, 0.05) is 5.69 Å². The summed E-state index contributed by atoms with van der Waals surface area (Å²) < 4.78 is 0. The van der Waals surface area contributed by atoms with Gasteiger partial charge in [0.1, 0.15) is 0 Å². The van der Waals surface area contributed by atoms with Crippen molar-refractivity contribution in [1.82, 2.24) is 0 Å². The van der Waals surface area contributed by atoms with Crippen LogP contribution in [-0.2, 0) is 0 Å². The van der Waals surface area contributed by atoms with Crippen molar-refractivity contribution in [2.24, 2.45) is 0 Å². The summed E-state index contributed by atoms with van der Waals surface area (Å²) in [5.41, 5.74) is 1.05. The van der Waals surface area contributed by atoms with E-state index in [-0.39, 0.29) is 0 Å². The number of hydrogen-bond acceptors (Lipinski definition) is 1. The fourth-order valence-electron chi connectivity index (χ4n) is 2.28. The number of thiocarbonyl (C=S) groups is 1. The van der Waals surface area contributed by atoms with Crippen LogP contribution in [0.15, 0.2) is 54.6 Å². The Morgan fingerprint density at radius 1 is 0.889 bits per heavy atom. The second-order valence-electron chi connectivity index (χ2n) is 4.40. The molecule has 0 fully saturated rings. The van der Waals surface area contributed by atoms with Gasteiger partial charge in [-0.15, -0.1) is 0 Å². The number of nitrogens with one attached hydrogen (secondary N) is 1. The second-order valence-corrected chi connectivity index (χ2v) is 5.02. The van der Waals surface area contributed by atoms with Crippen LogP contribution in [0, 0.1) is 0 Å². The van der Waals surface area contributed by atoms with Gasteiger partial charge in [0.05, 0.1) is 4.99 Å². The number of hydrogen-bond donors (Lipinski definition) is 1. The highest BCUT2D eigenvalue weighted by Gasteiger charge is 2.01. The van der Waals surface area contributed by atoms with Gasteiger partial charge < -0.3 is 5.32 Å². The molecule has 0 atom stereocenters. The first-order chi connectivity index (χ1) is 8.74. The average Bonchev–Trinajstić information content (AvgIpc) is 2.38. The molecule has 3 aromatic rings. The molecule has 0 bridgehead atoms. The summed E-state index contributed by atoms with van der Waals surface area (Å²) in [4.78, 5) is 0.787. The Balaban J connectivity index is 2.29. The van der Waals surface area contributed by atoms with Crippen molar-refractivity contribution in [3.05, 3.63) is 54.6 Å². The van der Waals surface area contributed by atoms with Gasteiger partial charge in [0.2, 0.25) is 0 Å². The lowest BCUT2D eigenvalue weighted by atomic mass is 10.0. The van der Waals surface area contributed by atoms with Gasteiger partial charge in [0.15, 0.2) is 0 Å². The molecule has 0 aliphatic heterocycles. The van der Waals surface area contributed by atoms with Gasteiger partial charge in [-0.05, 0) is 40.6 Å². The Morgan fingerprint density at radius 2 is 1.56 bits per heavy atom. The number of benzene rings is 3. The van der Waals surface area contributed by atoms with Gasteiger partial charge in [-0.3, -0.25) is 0 Å². The molecule has 0 amide bonds. The highest BCUT2D eigenvalue weighted by atomic mass is 32.1. The predicted octanol–water partition coefficient (Wildman–Crippen LogP) is 4.75. The molecule has 0 aliphatic rings. The Hall–Kier alpha value is -1.93. The third-order valence-corrected chi connectivity index (χ3v) is 3.17. The molecule has 0 aromatic heterocycles. The molecule has 18 heavy (non-hydrogen) atoms. The highest BCUT2D eigenvalue weighted by molar-refractivity contribution is 7.80. The van der Waals surface area contributed by atoms with Crippen molar-refractivity contribution >= 4 is 44.4 Å². The van der Waals surface area contributed by atoms with Crippen molar-refractivity contribution in [3.8, 4) is 0 Å². The van der Waals surface area contributed by atoms with Crippen molar-refractivity contribution < 1.29 is 0 Å². The van der Waals surface area contributed by atoms with Gasteiger partial charge in [0.25, 0.3) is 0 Å². The molecule has 1 N–H and O–H groups in total. The largest absolute Gasteiger partial charge is 0.350 e. The zero-order valence-electron chi connectivity index (χ0n) is 10.1. The first-order valence-electron chi connectivity index (χ1n) is 5.93. The van der Waals surface area contributed by atoms with E-state index in [0.29, 0.717) is 0 Å². The van der Waals surface area contributed by atoms with Gasteiger partial charge >= 0.3 is 0 Å². The van der Waals surface area contributed by atoms with Crippen molar-refractivity contribution in [1.29, 1.82) is 0 Å². The molecule has 0 spiro atoms. The van der Waals surface area contributed by atoms with Crippen molar-refractivity contribution in [3.63, 3.8) is 0 Å². The molecule has 0 heterocycles. The lowest BCUT2D eigenvalue weighted by Gasteiger charge is -2.08. The molecular weight excluding hydrogens is 238 g/mol. The molecule has 0 saturated carbocycles. The van der Waals surface area contributed by atoms with Gasteiger partial charge in [-0.25, -0.2) is 0 Å². The molecular formula is C16H13NS. The van der Waals surface area contributed by atoms with Crippen LogP contribution in [0.5, 0.6) is 0 Å². The standard InChI is InChI=1S/C16H13NS/c1-11(18)17-14-9-8-13-7-6-12-4-2-3-5-15(12)16(13)10-14/h2-10H,1H3,(H,17,18). The van der Waals surface area contributed by atoms with Crippen LogP contribution in [0.4, 0.5) is 5.69 Å². The third-order valence-electron chi connectivity index (χ3n) is 3.07. The zero-order chi connectivity index (χ0) is 12.5. The van der Waals surface area contributed by atoms with E-state index in [1.165, 1.54) is 21.5 Å². The summed E-state index contributed by atoms with van der Waals surface area (Å²) in [6, 6.07) is 19.1. The topological polar surface area (TPSA) is 12.0 Å². The van der Waals surface area contributed by atoms with E-state index in [4.69, 9.17) is 12.2 Å². The van der Waals surface area contributed by atoms with Crippen LogP contribution < -0.4 is 5.32 Å². The van der Waals surface area contributed by atoms with E-state index in [2.05, 4.69) is 59.9 Å². The Kier molecular flexibility index (Phi) is 2.73. The summed E-state index contributed by atoms with van der Waals surface area (Å²) in [6.07, 6.45) is 0. The van der Waals surface area contributed by atoms with Crippen LogP contribution in [0.2, 0.25) is 0 Å². The van der Waals surface area contributed by atoms with E-state index < -0.39 is 0 Å². The van der Waals surface area contributed by atoms with Crippen LogP contribution in [0.25, 0.3) is 21.5 Å². The van der Waals surface area contributed by atoms with E-state index in [1.807, 2.05) is 6.92 Å². The molecule has 3 aromatic carbocycles. The minimum Gasteiger partial charge on any atom is -0.350 e. The summed E-state index contributed by atoms with van der Waals surface area (Å²) in [6.45, 7) is 1.89. The normalized spacial score (nSPS) is 10.7. The SMILES string of the molecule is CC(=S)Nc1ccc2ccc3ccccc3c2c1. The lowest BCUT2D eigenvalue weighted by Crippen LogP contribution is -2.02. The maximum absolute atomic E-state index is 5.09. The Bertz CT molecular complexity index is 746. The Morgan fingerprint density at radius 3 is 2.33 bits per heavy atom. The molecule has 0 unspecified atom stereocenters. The summed E-state index contributed by atoms with van der Waals surface area (Å²) >= 11 is 5.09. The van der Waals surface area contributed by atoms with Crippen LogP contribution in [0.3, 0.4) is 0 Å². The molecule has 0 radical (unpaired) electrons. The summed E-state index contributed by atoms with van der Waals surface area (Å²) in [5, 5.41) is 8.25. The van der Waals surface area contributed by atoms with E-state index in [9.17, 15) is 0 Å². The lowest BCUT2D eigenvalue weighted by molar-refractivity contribution is 1.68. The monoisotopic (exact) mass is 251 g/mol. The molecule has 0 saturated heterocycles. The van der Waals surface area contributed by atoms with Crippen molar-refractivity contribution in [2.45, 2.75) is 6.92 Å². The predicted molar refractivity (Wildman–Crippen MR) is 83.3 cm³/mol. The zero-order valence-corrected chi connectivity index (χ0v) is 10.9. The van der Waals surface area contributed by atoms with E-state index in [0.717, 1.165) is 10.7 Å². The maximum Gasteiger partial charge on any atom is 0.0765 e. The van der Waals surface area contributed by atoms with E-state index in [1.54, 1.807) is 0 Å². The number of anilines is 1. The maximum atomic E-state index is 5.09. The number of fused-ring (bicyclic) bond motifs is 3. The Labute approximate surface area is 111 Å². The minimum absolute atomic E-state index is 0.787.